The molecule has 2 aromatic rings. The van der Waals surface area contributed by atoms with Crippen LogP contribution in [0, 0.1) is 17.1 Å². The highest BCUT2D eigenvalue weighted by Gasteiger charge is 2.00. The molecule has 5 heteroatoms. The van der Waals surface area contributed by atoms with Crippen LogP contribution in [-0.2, 0) is 11.4 Å². The SMILES string of the molecule is N#Cc1ccc(CO/N=C(\N)c2ccc(F)cc2)cc1. The predicted molar refractivity (Wildman–Crippen MR) is 73.1 cm³/mol. The Morgan fingerprint density at radius 2 is 1.80 bits per heavy atom. The highest BCUT2D eigenvalue weighted by atomic mass is 19.1. The minimum absolute atomic E-state index is 0.179. The van der Waals surface area contributed by atoms with Gasteiger partial charge in [-0.3, -0.25) is 0 Å². The molecule has 2 N–H and O–H groups in total. The zero-order chi connectivity index (χ0) is 14.4. The molecule has 2 rings (SSSR count). The van der Waals surface area contributed by atoms with Gasteiger partial charge in [0.25, 0.3) is 0 Å². The summed E-state index contributed by atoms with van der Waals surface area (Å²) in [5.74, 6) is -0.154. The van der Waals surface area contributed by atoms with Gasteiger partial charge in [0.2, 0.25) is 0 Å². The van der Waals surface area contributed by atoms with Gasteiger partial charge in [-0.25, -0.2) is 4.39 Å². The van der Waals surface area contributed by atoms with E-state index in [1.54, 1.807) is 24.3 Å². The maximum Gasteiger partial charge on any atom is 0.170 e. The van der Waals surface area contributed by atoms with E-state index in [0.717, 1.165) is 5.56 Å². The summed E-state index contributed by atoms with van der Waals surface area (Å²) in [5, 5.41) is 12.4. The summed E-state index contributed by atoms with van der Waals surface area (Å²) in [5.41, 5.74) is 7.76. The van der Waals surface area contributed by atoms with E-state index in [0.29, 0.717) is 11.1 Å². The Hall–Kier alpha value is -2.87. The second-order valence-electron chi connectivity index (χ2n) is 4.07. The van der Waals surface area contributed by atoms with Gasteiger partial charge >= 0.3 is 0 Å². The van der Waals surface area contributed by atoms with Crippen LogP contribution in [0.3, 0.4) is 0 Å². The van der Waals surface area contributed by atoms with Crippen LogP contribution in [0.15, 0.2) is 53.7 Å². The molecule has 0 aliphatic heterocycles. The molecular formula is C15H12FN3O. The van der Waals surface area contributed by atoms with Crippen molar-refractivity contribution in [1.82, 2.24) is 0 Å². The first kappa shape index (κ1) is 13.6. The number of hydrogen-bond acceptors (Lipinski definition) is 3. The number of halogens is 1. The largest absolute Gasteiger partial charge is 0.389 e. The highest BCUT2D eigenvalue weighted by molar-refractivity contribution is 5.96. The molecule has 4 nitrogen and oxygen atoms in total. The van der Waals surface area contributed by atoms with E-state index in [-0.39, 0.29) is 18.3 Å². The van der Waals surface area contributed by atoms with Crippen LogP contribution in [0.25, 0.3) is 0 Å². The molecule has 0 aliphatic rings. The van der Waals surface area contributed by atoms with E-state index >= 15 is 0 Å². The van der Waals surface area contributed by atoms with Gasteiger partial charge in [0.1, 0.15) is 12.4 Å². The zero-order valence-electron chi connectivity index (χ0n) is 10.6. The van der Waals surface area contributed by atoms with Crippen molar-refractivity contribution in [3.05, 3.63) is 71.0 Å². The Balaban J connectivity index is 1.95. The number of hydrogen-bond donors (Lipinski definition) is 1. The first-order valence-electron chi connectivity index (χ1n) is 5.89. The lowest BCUT2D eigenvalue weighted by atomic mass is 10.2. The lowest BCUT2D eigenvalue weighted by Gasteiger charge is -2.03. The van der Waals surface area contributed by atoms with E-state index in [1.807, 2.05) is 6.07 Å². The molecule has 20 heavy (non-hydrogen) atoms. The van der Waals surface area contributed by atoms with E-state index in [1.165, 1.54) is 24.3 Å². The smallest absolute Gasteiger partial charge is 0.170 e. The average molecular weight is 269 g/mol. The third kappa shape index (κ3) is 3.56. The second-order valence-corrected chi connectivity index (χ2v) is 4.07. The Kier molecular flexibility index (Phi) is 4.30. The van der Waals surface area contributed by atoms with Crippen molar-refractivity contribution in [3.63, 3.8) is 0 Å². The number of oxime groups is 1. The van der Waals surface area contributed by atoms with Gasteiger partial charge in [-0.2, -0.15) is 5.26 Å². The normalized spacial score (nSPS) is 10.9. The van der Waals surface area contributed by atoms with Gasteiger partial charge in [0.05, 0.1) is 11.6 Å². The number of amidine groups is 1. The Morgan fingerprint density at radius 1 is 1.15 bits per heavy atom. The van der Waals surface area contributed by atoms with E-state index in [9.17, 15) is 4.39 Å². The molecule has 0 amide bonds. The fourth-order valence-corrected chi connectivity index (χ4v) is 1.53. The lowest BCUT2D eigenvalue weighted by Crippen LogP contribution is -2.13. The molecule has 0 saturated heterocycles. The van der Waals surface area contributed by atoms with E-state index in [4.69, 9.17) is 15.8 Å². The lowest BCUT2D eigenvalue weighted by molar-refractivity contribution is 0.130. The summed E-state index contributed by atoms with van der Waals surface area (Å²) in [6.45, 7) is 0.244. The van der Waals surface area contributed by atoms with Gasteiger partial charge in [-0.1, -0.05) is 17.3 Å². The van der Waals surface area contributed by atoms with Crippen LogP contribution in [0.1, 0.15) is 16.7 Å². The van der Waals surface area contributed by atoms with E-state index < -0.39 is 0 Å². The minimum atomic E-state index is -0.333. The molecular weight excluding hydrogens is 257 g/mol. The molecule has 100 valence electrons. The van der Waals surface area contributed by atoms with Crippen LogP contribution in [-0.4, -0.2) is 5.84 Å². The number of nitrogens with zero attached hydrogens (tertiary/aromatic N) is 2. The van der Waals surface area contributed by atoms with Crippen molar-refractivity contribution in [2.75, 3.05) is 0 Å². The third-order valence-corrected chi connectivity index (χ3v) is 2.62. The van der Waals surface area contributed by atoms with Gasteiger partial charge in [0.15, 0.2) is 5.84 Å². The molecule has 0 heterocycles. The van der Waals surface area contributed by atoms with Gasteiger partial charge in [0, 0.05) is 5.56 Å². The fourth-order valence-electron chi connectivity index (χ4n) is 1.53. The zero-order valence-corrected chi connectivity index (χ0v) is 10.6. The molecule has 0 aromatic heterocycles. The number of rotatable bonds is 4. The molecule has 0 atom stereocenters. The summed E-state index contributed by atoms with van der Waals surface area (Å²) < 4.78 is 12.8. The van der Waals surface area contributed by atoms with Crippen molar-refractivity contribution in [2.24, 2.45) is 10.9 Å². The second kappa shape index (κ2) is 6.34. The van der Waals surface area contributed by atoms with Crippen molar-refractivity contribution in [3.8, 4) is 6.07 Å². The molecule has 0 radical (unpaired) electrons. The topological polar surface area (TPSA) is 71.4 Å². The molecule has 0 saturated carbocycles. The van der Waals surface area contributed by atoms with Crippen molar-refractivity contribution >= 4 is 5.84 Å². The standard InChI is InChI=1S/C15H12FN3O/c16-14-7-5-13(6-8-14)15(18)19-20-10-12-3-1-11(9-17)2-4-12/h1-8H,10H2,(H2,18,19). The quantitative estimate of drug-likeness (QED) is 0.526. The number of benzene rings is 2. The number of nitrogens with two attached hydrogens (primary N) is 1. The summed E-state index contributed by atoms with van der Waals surface area (Å²) in [6.07, 6.45) is 0. The van der Waals surface area contributed by atoms with Gasteiger partial charge in [-0.15, -0.1) is 0 Å². The fraction of sp³-hybridized carbons (Fsp3) is 0.0667. The highest BCUT2D eigenvalue weighted by Crippen LogP contribution is 2.06. The molecule has 0 spiro atoms. The van der Waals surface area contributed by atoms with Crippen LogP contribution in [0.5, 0.6) is 0 Å². The Labute approximate surface area is 115 Å². The van der Waals surface area contributed by atoms with Gasteiger partial charge in [-0.05, 0) is 42.0 Å². The summed E-state index contributed by atoms with van der Waals surface area (Å²) in [7, 11) is 0. The third-order valence-electron chi connectivity index (χ3n) is 2.62. The first-order chi connectivity index (χ1) is 9.69. The van der Waals surface area contributed by atoms with Crippen LogP contribution >= 0.6 is 0 Å². The predicted octanol–water partition coefficient (Wildman–Crippen LogP) is 2.53. The molecule has 0 fully saturated rings. The van der Waals surface area contributed by atoms with Crippen LogP contribution in [0.4, 0.5) is 4.39 Å². The van der Waals surface area contributed by atoms with Crippen molar-refractivity contribution in [2.45, 2.75) is 6.61 Å². The Morgan fingerprint density at radius 3 is 2.40 bits per heavy atom. The molecule has 2 aromatic carbocycles. The van der Waals surface area contributed by atoms with Crippen LogP contribution < -0.4 is 5.73 Å². The maximum atomic E-state index is 12.8. The molecule has 0 unspecified atom stereocenters. The summed E-state index contributed by atoms with van der Waals surface area (Å²) >= 11 is 0. The van der Waals surface area contributed by atoms with Crippen LogP contribution in [0.2, 0.25) is 0 Å². The van der Waals surface area contributed by atoms with E-state index in [2.05, 4.69) is 5.16 Å². The maximum absolute atomic E-state index is 12.8. The van der Waals surface area contributed by atoms with Gasteiger partial charge < -0.3 is 10.6 Å². The number of nitriles is 1. The Bertz CT molecular complexity index is 642. The first-order valence-corrected chi connectivity index (χ1v) is 5.89. The van der Waals surface area contributed by atoms with Crippen molar-refractivity contribution < 1.29 is 9.23 Å². The monoisotopic (exact) mass is 269 g/mol. The molecule has 0 bridgehead atoms. The van der Waals surface area contributed by atoms with Crippen molar-refractivity contribution in [1.29, 1.82) is 5.26 Å². The summed E-state index contributed by atoms with van der Waals surface area (Å²) in [4.78, 5) is 5.13. The summed E-state index contributed by atoms with van der Waals surface area (Å²) in [6, 6.07) is 14.7. The molecule has 0 aliphatic carbocycles. The average Bonchev–Trinajstić information content (AvgIpc) is 2.48. The minimum Gasteiger partial charge on any atom is -0.389 e.